The van der Waals surface area contributed by atoms with E-state index in [1.807, 2.05) is 29.3 Å². The van der Waals surface area contributed by atoms with Crippen molar-refractivity contribution in [1.82, 2.24) is 19.4 Å². The molecule has 0 aliphatic carbocycles. The van der Waals surface area contributed by atoms with Crippen LogP contribution in [0.5, 0.6) is 0 Å². The number of aromatic nitrogens is 2. The minimum absolute atomic E-state index is 0.272. The van der Waals surface area contributed by atoms with Gasteiger partial charge in [-0.3, -0.25) is 9.69 Å². The monoisotopic (exact) mass is 372 g/mol. The van der Waals surface area contributed by atoms with Crippen LogP contribution in [-0.4, -0.2) is 63.7 Å². The van der Waals surface area contributed by atoms with Crippen LogP contribution in [0.15, 0.2) is 42.7 Å². The molecule has 3 rings (SSSR count). The number of rotatable bonds is 8. The molecule has 1 aliphatic heterocycles. The van der Waals surface area contributed by atoms with Crippen LogP contribution in [0.4, 0.5) is 0 Å². The van der Waals surface area contributed by atoms with E-state index in [4.69, 9.17) is 0 Å². The van der Waals surface area contributed by atoms with Crippen LogP contribution in [0.1, 0.15) is 18.3 Å². The summed E-state index contributed by atoms with van der Waals surface area (Å²) in [5, 5.41) is 0. The molecule has 1 aliphatic rings. The fourth-order valence-corrected chi connectivity index (χ4v) is 4.14. The van der Waals surface area contributed by atoms with Gasteiger partial charge in [-0.1, -0.05) is 37.3 Å². The maximum absolute atomic E-state index is 12.4. The van der Waals surface area contributed by atoms with Crippen LogP contribution < -0.4 is 0 Å². The van der Waals surface area contributed by atoms with Crippen molar-refractivity contribution >= 4 is 17.7 Å². The Morgan fingerprint density at radius 2 is 1.88 bits per heavy atom. The Balaban J connectivity index is 1.34. The van der Waals surface area contributed by atoms with E-state index in [1.54, 1.807) is 11.8 Å². The number of aryl methyl sites for hydroxylation is 1. The normalized spacial score (nSPS) is 15.3. The molecule has 1 aromatic heterocycles. The summed E-state index contributed by atoms with van der Waals surface area (Å²) in [6.07, 6.45) is 4.90. The highest BCUT2D eigenvalue weighted by molar-refractivity contribution is 7.99. The maximum Gasteiger partial charge on any atom is 0.232 e. The van der Waals surface area contributed by atoms with Crippen molar-refractivity contribution < 1.29 is 4.79 Å². The van der Waals surface area contributed by atoms with Gasteiger partial charge in [0.25, 0.3) is 0 Å². The van der Waals surface area contributed by atoms with Gasteiger partial charge in [0.1, 0.15) is 5.82 Å². The van der Waals surface area contributed by atoms with E-state index in [9.17, 15) is 4.79 Å². The summed E-state index contributed by atoms with van der Waals surface area (Å²) in [6, 6.07) is 10.3. The third kappa shape index (κ3) is 5.35. The number of carbonyl (C=O) groups excluding carboxylic acids is 1. The fourth-order valence-electron chi connectivity index (χ4n) is 3.25. The quantitative estimate of drug-likeness (QED) is 0.714. The molecule has 0 radical (unpaired) electrons. The van der Waals surface area contributed by atoms with E-state index in [1.165, 1.54) is 5.56 Å². The van der Waals surface area contributed by atoms with E-state index >= 15 is 0 Å². The molecule has 6 heteroatoms. The minimum atomic E-state index is 0.272. The first-order chi connectivity index (χ1) is 12.8. The highest BCUT2D eigenvalue weighted by Crippen LogP contribution is 2.13. The van der Waals surface area contributed by atoms with E-state index < -0.39 is 0 Å². The molecule has 26 heavy (non-hydrogen) atoms. The van der Waals surface area contributed by atoms with Gasteiger partial charge in [-0.25, -0.2) is 4.98 Å². The summed E-state index contributed by atoms with van der Waals surface area (Å²) in [7, 11) is 0. The van der Waals surface area contributed by atoms with Crippen molar-refractivity contribution in [2.45, 2.75) is 25.6 Å². The number of imidazole rings is 1. The van der Waals surface area contributed by atoms with Crippen LogP contribution in [0.2, 0.25) is 0 Å². The van der Waals surface area contributed by atoms with E-state index in [2.05, 4.69) is 39.7 Å². The number of hydrogen-bond donors (Lipinski definition) is 0. The zero-order valence-electron chi connectivity index (χ0n) is 15.5. The molecule has 1 amide bonds. The Morgan fingerprint density at radius 1 is 1.12 bits per heavy atom. The largest absolute Gasteiger partial charge is 0.339 e. The van der Waals surface area contributed by atoms with E-state index in [0.717, 1.165) is 57.3 Å². The Morgan fingerprint density at radius 3 is 2.62 bits per heavy atom. The molecule has 0 saturated carbocycles. The lowest BCUT2D eigenvalue weighted by molar-refractivity contribution is -0.130. The Bertz CT molecular complexity index is 680. The maximum atomic E-state index is 12.4. The summed E-state index contributed by atoms with van der Waals surface area (Å²) < 4.78 is 2.23. The number of thioether (sulfide) groups is 1. The Kier molecular flexibility index (Phi) is 7.14. The zero-order valence-corrected chi connectivity index (χ0v) is 16.3. The molecule has 0 bridgehead atoms. The van der Waals surface area contributed by atoms with Gasteiger partial charge in [0.2, 0.25) is 5.91 Å². The lowest BCUT2D eigenvalue weighted by Crippen LogP contribution is -2.49. The average molecular weight is 373 g/mol. The molecule has 1 saturated heterocycles. The summed E-state index contributed by atoms with van der Waals surface area (Å²) in [5.74, 6) is 2.89. The molecule has 1 fully saturated rings. The highest BCUT2D eigenvalue weighted by atomic mass is 32.2. The minimum Gasteiger partial charge on any atom is -0.339 e. The number of benzene rings is 1. The first-order valence-corrected chi connectivity index (χ1v) is 10.5. The van der Waals surface area contributed by atoms with Crippen molar-refractivity contribution in [3.05, 3.63) is 54.1 Å². The molecule has 2 heterocycles. The van der Waals surface area contributed by atoms with Crippen molar-refractivity contribution in [2.75, 3.05) is 38.5 Å². The molecule has 1 aromatic carbocycles. The first-order valence-electron chi connectivity index (χ1n) is 9.38. The van der Waals surface area contributed by atoms with Crippen molar-refractivity contribution in [1.29, 1.82) is 0 Å². The van der Waals surface area contributed by atoms with Crippen LogP contribution in [-0.2, 0) is 23.5 Å². The summed E-state index contributed by atoms with van der Waals surface area (Å²) in [5.41, 5.74) is 1.28. The predicted octanol–water partition coefficient (Wildman–Crippen LogP) is 2.52. The first kappa shape index (κ1) is 19.0. The fraction of sp³-hybridized carbons (Fsp3) is 0.500. The second-order valence-corrected chi connectivity index (χ2v) is 7.58. The summed E-state index contributed by atoms with van der Waals surface area (Å²) >= 11 is 1.71. The molecular weight excluding hydrogens is 344 g/mol. The van der Waals surface area contributed by atoms with Gasteiger partial charge in [0.05, 0.1) is 5.75 Å². The van der Waals surface area contributed by atoms with Crippen LogP contribution in [0, 0.1) is 0 Å². The molecule has 0 N–H and O–H groups in total. The highest BCUT2D eigenvalue weighted by Gasteiger charge is 2.20. The second-order valence-electron chi connectivity index (χ2n) is 6.59. The topological polar surface area (TPSA) is 41.4 Å². The molecule has 0 spiro atoms. The molecule has 0 atom stereocenters. The third-order valence-corrected chi connectivity index (χ3v) is 5.83. The number of amides is 1. The second kappa shape index (κ2) is 9.78. The van der Waals surface area contributed by atoms with Gasteiger partial charge in [0, 0.05) is 63.8 Å². The smallest absolute Gasteiger partial charge is 0.232 e. The number of piperazine rings is 1. The lowest BCUT2D eigenvalue weighted by Gasteiger charge is -2.34. The van der Waals surface area contributed by atoms with Gasteiger partial charge in [0.15, 0.2) is 0 Å². The predicted molar refractivity (Wildman–Crippen MR) is 107 cm³/mol. The van der Waals surface area contributed by atoms with E-state index in [0.29, 0.717) is 5.75 Å². The summed E-state index contributed by atoms with van der Waals surface area (Å²) in [6.45, 7) is 7.75. The van der Waals surface area contributed by atoms with E-state index in [-0.39, 0.29) is 5.91 Å². The third-order valence-electron chi connectivity index (χ3n) is 4.84. The molecule has 2 aromatic rings. The number of nitrogens with zero attached hydrogens (tertiary/aromatic N) is 4. The zero-order chi connectivity index (χ0) is 18.2. The van der Waals surface area contributed by atoms with Crippen LogP contribution in [0.25, 0.3) is 0 Å². The van der Waals surface area contributed by atoms with Crippen molar-refractivity contribution in [2.24, 2.45) is 0 Å². The molecule has 140 valence electrons. The standard InChI is InChI=1S/C20H28N4OS/c1-2-19-21-8-9-23(19)13-10-22-11-14-24(15-12-22)20(25)17-26-16-18-6-4-3-5-7-18/h3-9H,2,10-17H2,1H3. The van der Waals surface area contributed by atoms with Gasteiger partial charge < -0.3 is 9.47 Å². The van der Waals surface area contributed by atoms with Gasteiger partial charge in [-0.05, 0) is 5.56 Å². The van der Waals surface area contributed by atoms with Gasteiger partial charge in [-0.2, -0.15) is 0 Å². The van der Waals surface area contributed by atoms with Gasteiger partial charge in [-0.15, -0.1) is 11.8 Å². The van der Waals surface area contributed by atoms with Crippen molar-refractivity contribution in [3.8, 4) is 0 Å². The average Bonchev–Trinajstić information content (AvgIpc) is 3.15. The molecule has 5 nitrogen and oxygen atoms in total. The van der Waals surface area contributed by atoms with Crippen LogP contribution in [0.3, 0.4) is 0 Å². The number of carbonyl (C=O) groups is 1. The SMILES string of the molecule is CCc1nccn1CCN1CCN(C(=O)CSCc2ccccc2)CC1. The van der Waals surface area contributed by atoms with Crippen LogP contribution >= 0.6 is 11.8 Å². The molecule has 0 unspecified atom stereocenters. The Hall–Kier alpha value is -1.79. The Labute approximate surface area is 160 Å². The van der Waals surface area contributed by atoms with Crippen molar-refractivity contribution in [3.63, 3.8) is 0 Å². The summed E-state index contributed by atoms with van der Waals surface area (Å²) in [4.78, 5) is 21.2. The van der Waals surface area contributed by atoms with Gasteiger partial charge >= 0.3 is 0 Å². The lowest BCUT2D eigenvalue weighted by atomic mass is 10.2. The number of hydrogen-bond acceptors (Lipinski definition) is 4. The molecular formula is C20H28N4OS.